The Morgan fingerprint density at radius 2 is 1.94 bits per heavy atom. The highest BCUT2D eigenvalue weighted by atomic mass is 35.5. The van der Waals surface area contributed by atoms with Gasteiger partial charge < -0.3 is 5.11 Å². The number of aryl methyl sites for hydroxylation is 1. The molecule has 17 heavy (non-hydrogen) atoms. The molecule has 2 rings (SSSR count). The Kier molecular flexibility index (Phi) is 3.18. The molecule has 1 aromatic heterocycles. The van der Waals surface area contributed by atoms with Crippen LogP contribution in [0.4, 0.5) is 0 Å². The first-order valence-electron chi connectivity index (χ1n) is 5.42. The molecule has 2 aromatic rings. The maximum atomic E-state index is 10.6. The highest BCUT2D eigenvalue weighted by Gasteiger charge is 2.25. The summed E-state index contributed by atoms with van der Waals surface area (Å²) in [7, 11) is 0. The maximum absolute atomic E-state index is 10.6. The van der Waals surface area contributed by atoms with Crippen LogP contribution >= 0.6 is 11.6 Å². The Hall–Kier alpha value is -1.38. The second-order valence-electron chi connectivity index (χ2n) is 4.27. The fourth-order valence-corrected chi connectivity index (χ4v) is 1.90. The molecular formula is C14H14ClNO. The number of pyridine rings is 1. The van der Waals surface area contributed by atoms with Crippen molar-refractivity contribution in [3.8, 4) is 0 Å². The molecule has 0 radical (unpaired) electrons. The van der Waals surface area contributed by atoms with Gasteiger partial charge in [-0.25, -0.2) is 0 Å². The summed E-state index contributed by atoms with van der Waals surface area (Å²) in [5.41, 5.74) is 1.36. The SMILES string of the molecule is Cc1ccc(C(C)(O)c2cccc(Cl)c2)cn1. The smallest absolute Gasteiger partial charge is 0.113 e. The van der Waals surface area contributed by atoms with Crippen LogP contribution in [0.15, 0.2) is 42.6 Å². The van der Waals surface area contributed by atoms with Crippen molar-refractivity contribution in [2.24, 2.45) is 0 Å². The van der Waals surface area contributed by atoms with Gasteiger partial charge in [0.1, 0.15) is 5.60 Å². The third-order valence-electron chi connectivity index (χ3n) is 2.86. The molecule has 1 unspecified atom stereocenters. The average molecular weight is 248 g/mol. The zero-order chi connectivity index (χ0) is 12.5. The van der Waals surface area contributed by atoms with Crippen LogP contribution < -0.4 is 0 Å². The molecule has 2 nitrogen and oxygen atoms in total. The van der Waals surface area contributed by atoms with E-state index >= 15 is 0 Å². The lowest BCUT2D eigenvalue weighted by atomic mass is 9.89. The van der Waals surface area contributed by atoms with Crippen LogP contribution in [0, 0.1) is 6.92 Å². The van der Waals surface area contributed by atoms with Gasteiger partial charge in [-0.05, 0) is 37.6 Å². The molecule has 3 heteroatoms. The minimum absolute atomic E-state index is 0.614. The van der Waals surface area contributed by atoms with Crippen molar-refractivity contribution in [3.63, 3.8) is 0 Å². The molecule has 1 N–H and O–H groups in total. The molecule has 1 heterocycles. The topological polar surface area (TPSA) is 33.1 Å². The van der Waals surface area contributed by atoms with Gasteiger partial charge >= 0.3 is 0 Å². The summed E-state index contributed by atoms with van der Waals surface area (Å²) in [6.07, 6.45) is 1.69. The van der Waals surface area contributed by atoms with Gasteiger partial charge in [0.05, 0.1) is 0 Å². The van der Waals surface area contributed by atoms with Crippen LogP contribution in [0.2, 0.25) is 5.02 Å². The number of aromatic nitrogens is 1. The summed E-state index contributed by atoms with van der Waals surface area (Å²) >= 11 is 5.94. The van der Waals surface area contributed by atoms with Crippen molar-refractivity contribution < 1.29 is 5.11 Å². The minimum Gasteiger partial charge on any atom is -0.381 e. The molecular weight excluding hydrogens is 234 g/mol. The summed E-state index contributed by atoms with van der Waals surface area (Å²) in [5.74, 6) is 0. The summed E-state index contributed by atoms with van der Waals surface area (Å²) in [6, 6.07) is 11.0. The number of nitrogens with zero attached hydrogens (tertiary/aromatic N) is 1. The van der Waals surface area contributed by atoms with E-state index in [0.29, 0.717) is 5.02 Å². The van der Waals surface area contributed by atoms with Crippen molar-refractivity contribution >= 4 is 11.6 Å². The van der Waals surface area contributed by atoms with E-state index in [1.807, 2.05) is 31.2 Å². The Morgan fingerprint density at radius 1 is 1.18 bits per heavy atom. The van der Waals surface area contributed by atoms with E-state index in [0.717, 1.165) is 16.8 Å². The van der Waals surface area contributed by atoms with Crippen molar-refractivity contribution in [2.75, 3.05) is 0 Å². The normalized spacial score (nSPS) is 14.4. The predicted octanol–water partition coefficient (Wildman–Crippen LogP) is 3.30. The van der Waals surface area contributed by atoms with Crippen LogP contribution in [0.1, 0.15) is 23.7 Å². The maximum Gasteiger partial charge on any atom is 0.113 e. The fourth-order valence-electron chi connectivity index (χ4n) is 1.71. The van der Waals surface area contributed by atoms with Crippen molar-refractivity contribution in [1.82, 2.24) is 4.98 Å². The summed E-state index contributed by atoms with van der Waals surface area (Å²) in [6.45, 7) is 3.66. The monoisotopic (exact) mass is 247 g/mol. The van der Waals surface area contributed by atoms with Crippen LogP contribution in [-0.4, -0.2) is 10.1 Å². The van der Waals surface area contributed by atoms with Crippen LogP contribution in [0.3, 0.4) is 0 Å². The molecule has 0 fully saturated rings. The predicted molar refractivity (Wildman–Crippen MR) is 69.1 cm³/mol. The van der Waals surface area contributed by atoms with Crippen molar-refractivity contribution in [2.45, 2.75) is 19.4 Å². The molecule has 0 aliphatic heterocycles. The van der Waals surface area contributed by atoms with Crippen LogP contribution in [0.5, 0.6) is 0 Å². The summed E-state index contributed by atoms with van der Waals surface area (Å²) in [4.78, 5) is 4.20. The lowest BCUT2D eigenvalue weighted by Gasteiger charge is -2.24. The molecule has 0 saturated heterocycles. The first kappa shape index (κ1) is 12.1. The zero-order valence-corrected chi connectivity index (χ0v) is 10.6. The van der Waals surface area contributed by atoms with Gasteiger partial charge in [-0.15, -0.1) is 0 Å². The second kappa shape index (κ2) is 4.47. The molecule has 0 aliphatic rings. The Labute approximate surface area is 106 Å². The molecule has 88 valence electrons. The van der Waals surface area contributed by atoms with E-state index in [4.69, 9.17) is 11.6 Å². The van der Waals surface area contributed by atoms with E-state index in [2.05, 4.69) is 4.98 Å². The Morgan fingerprint density at radius 3 is 2.53 bits per heavy atom. The van der Waals surface area contributed by atoms with Gasteiger partial charge in [-0.3, -0.25) is 4.98 Å². The van der Waals surface area contributed by atoms with Crippen LogP contribution in [0.25, 0.3) is 0 Å². The summed E-state index contributed by atoms with van der Waals surface area (Å²) < 4.78 is 0. The van der Waals surface area contributed by atoms with Gasteiger partial charge in [0.25, 0.3) is 0 Å². The van der Waals surface area contributed by atoms with Gasteiger partial charge in [0.15, 0.2) is 0 Å². The van der Waals surface area contributed by atoms with Crippen molar-refractivity contribution in [3.05, 3.63) is 64.4 Å². The number of hydrogen-bond acceptors (Lipinski definition) is 2. The van der Waals surface area contributed by atoms with Crippen LogP contribution in [-0.2, 0) is 5.60 Å². The van der Waals surface area contributed by atoms with E-state index in [1.165, 1.54) is 0 Å². The molecule has 0 aliphatic carbocycles. The highest BCUT2D eigenvalue weighted by molar-refractivity contribution is 6.30. The number of halogens is 1. The third kappa shape index (κ3) is 2.48. The molecule has 0 saturated carbocycles. The van der Waals surface area contributed by atoms with Crippen molar-refractivity contribution in [1.29, 1.82) is 0 Å². The third-order valence-corrected chi connectivity index (χ3v) is 3.10. The van der Waals surface area contributed by atoms with E-state index in [-0.39, 0.29) is 0 Å². The van der Waals surface area contributed by atoms with E-state index in [9.17, 15) is 5.11 Å². The molecule has 0 amide bonds. The Balaban J connectivity index is 2.45. The van der Waals surface area contributed by atoms with E-state index < -0.39 is 5.60 Å². The fraction of sp³-hybridized carbons (Fsp3) is 0.214. The molecule has 0 spiro atoms. The molecule has 0 bridgehead atoms. The molecule has 1 atom stereocenters. The van der Waals surface area contributed by atoms with E-state index in [1.54, 1.807) is 25.3 Å². The number of aliphatic hydroxyl groups is 1. The largest absolute Gasteiger partial charge is 0.381 e. The summed E-state index contributed by atoms with van der Waals surface area (Å²) in [5, 5.41) is 11.2. The number of benzene rings is 1. The lowest BCUT2D eigenvalue weighted by Crippen LogP contribution is -2.22. The quantitative estimate of drug-likeness (QED) is 0.883. The standard InChI is InChI=1S/C14H14ClNO/c1-10-6-7-12(9-16-10)14(2,17)11-4-3-5-13(15)8-11/h3-9,17H,1-2H3. The lowest BCUT2D eigenvalue weighted by molar-refractivity contribution is 0.102. The number of rotatable bonds is 2. The van der Waals surface area contributed by atoms with Gasteiger partial charge in [-0.1, -0.05) is 29.8 Å². The highest BCUT2D eigenvalue weighted by Crippen LogP contribution is 2.29. The first-order valence-corrected chi connectivity index (χ1v) is 5.79. The van der Waals surface area contributed by atoms with Gasteiger partial charge in [0.2, 0.25) is 0 Å². The molecule has 1 aromatic carbocycles. The first-order chi connectivity index (χ1) is 8.00. The zero-order valence-electron chi connectivity index (χ0n) is 9.81. The van der Waals surface area contributed by atoms with Gasteiger partial charge in [-0.2, -0.15) is 0 Å². The average Bonchev–Trinajstić information content (AvgIpc) is 2.29. The minimum atomic E-state index is -1.08. The number of hydrogen-bond donors (Lipinski definition) is 1. The Bertz CT molecular complexity index is 520. The van der Waals surface area contributed by atoms with Gasteiger partial charge in [0, 0.05) is 22.5 Å². The second-order valence-corrected chi connectivity index (χ2v) is 4.71.